The van der Waals surface area contributed by atoms with E-state index in [1.807, 2.05) is 18.2 Å². The minimum atomic E-state index is 0.306. The Bertz CT molecular complexity index is 525. The Labute approximate surface area is 124 Å². The summed E-state index contributed by atoms with van der Waals surface area (Å²) in [5, 5.41) is 5.44. The maximum absolute atomic E-state index is 5.83. The monoisotopic (exact) mass is 291 g/mol. The first-order chi connectivity index (χ1) is 9.74. The van der Waals surface area contributed by atoms with Crippen LogP contribution < -0.4 is 14.8 Å². The van der Waals surface area contributed by atoms with Crippen LogP contribution in [0.4, 0.5) is 0 Å². The van der Waals surface area contributed by atoms with Gasteiger partial charge >= 0.3 is 0 Å². The average Bonchev–Trinajstić information content (AvgIpc) is 2.98. The van der Waals surface area contributed by atoms with E-state index >= 15 is 0 Å². The minimum Gasteiger partial charge on any atom is -0.493 e. The number of methoxy groups -OCH3 is 1. The summed E-state index contributed by atoms with van der Waals surface area (Å²) in [7, 11) is 1.68. The molecule has 0 aliphatic heterocycles. The Kier molecular flexibility index (Phi) is 5.44. The molecular formula is C16H21NO2S. The third-order valence-corrected chi connectivity index (χ3v) is 4.00. The number of hydrogen-bond acceptors (Lipinski definition) is 4. The van der Waals surface area contributed by atoms with Gasteiger partial charge in [-0.2, -0.15) is 0 Å². The van der Waals surface area contributed by atoms with Crippen LogP contribution >= 0.6 is 11.3 Å². The molecule has 2 aromatic rings. The van der Waals surface area contributed by atoms with Gasteiger partial charge in [0.2, 0.25) is 0 Å². The lowest BCUT2D eigenvalue weighted by molar-refractivity contribution is 0.287. The number of ether oxygens (including phenoxy) is 2. The quantitative estimate of drug-likeness (QED) is 0.836. The lowest BCUT2D eigenvalue weighted by atomic mass is 10.1. The van der Waals surface area contributed by atoms with Crippen molar-refractivity contribution >= 4 is 11.3 Å². The molecule has 0 amide bonds. The second-order valence-electron chi connectivity index (χ2n) is 4.56. The summed E-state index contributed by atoms with van der Waals surface area (Å²) >= 11 is 1.69. The van der Waals surface area contributed by atoms with Crippen LogP contribution in [0.1, 0.15) is 30.3 Å². The summed E-state index contributed by atoms with van der Waals surface area (Å²) in [6.45, 7) is 5.77. The SMILES string of the molecule is CCNC(C)c1ccc(OCc2cccs2)c(OC)c1. The van der Waals surface area contributed by atoms with E-state index in [1.165, 1.54) is 10.4 Å². The van der Waals surface area contributed by atoms with Gasteiger partial charge in [0.05, 0.1) is 7.11 Å². The Hall–Kier alpha value is -1.52. The average molecular weight is 291 g/mol. The third-order valence-electron chi connectivity index (χ3n) is 3.15. The zero-order chi connectivity index (χ0) is 14.4. The molecule has 0 radical (unpaired) electrons. The summed E-state index contributed by atoms with van der Waals surface area (Å²) in [6, 6.07) is 10.5. The van der Waals surface area contributed by atoms with E-state index < -0.39 is 0 Å². The van der Waals surface area contributed by atoms with E-state index in [-0.39, 0.29) is 0 Å². The summed E-state index contributed by atoms with van der Waals surface area (Å²) in [4.78, 5) is 1.21. The van der Waals surface area contributed by atoms with Crippen molar-refractivity contribution in [3.63, 3.8) is 0 Å². The fourth-order valence-electron chi connectivity index (χ4n) is 2.04. The van der Waals surface area contributed by atoms with Crippen LogP contribution in [0.5, 0.6) is 11.5 Å². The van der Waals surface area contributed by atoms with Gasteiger partial charge < -0.3 is 14.8 Å². The second kappa shape index (κ2) is 7.31. The van der Waals surface area contributed by atoms with Gasteiger partial charge in [0.15, 0.2) is 11.5 Å². The fourth-order valence-corrected chi connectivity index (χ4v) is 2.66. The van der Waals surface area contributed by atoms with Crippen LogP contribution in [0.3, 0.4) is 0 Å². The minimum absolute atomic E-state index is 0.306. The molecule has 1 aromatic carbocycles. The van der Waals surface area contributed by atoms with Crippen molar-refractivity contribution in [2.75, 3.05) is 13.7 Å². The van der Waals surface area contributed by atoms with Gasteiger partial charge in [-0.3, -0.25) is 0 Å². The molecule has 1 heterocycles. The van der Waals surface area contributed by atoms with Crippen LogP contribution in [0, 0.1) is 0 Å². The first-order valence-electron chi connectivity index (χ1n) is 6.81. The fraction of sp³-hybridized carbons (Fsp3) is 0.375. The van der Waals surface area contributed by atoms with Crippen molar-refractivity contribution in [2.24, 2.45) is 0 Å². The molecule has 0 saturated heterocycles. The third kappa shape index (κ3) is 3.74. The number of nitrogens with one attached hydrogen (secondary N) is 1. The summed E-state index contributed by atoms with van der Waals surface area (Å²) in [5.41, 5.74) is 1.20. The van der Waals surface area contributed by atoms with Gasteiger partial charge in [-0.15, -0.1) is 11.3 Å². The summed E-state index contributed by atoms with van der Waals surface area (Å²) in [5.74, 6) is 1.57. The summed E-state index contributed by atoms with van der Waals surface area (Å²) < 4.78 is 11.3. The molecule has 0 bridgehead atoms. The molecule has 1 aromatic heterocycles. The van der Waals surface area contributed by atoms with Gasteiger partial charge in [-0.05, 0) is 42.6 Å². The van der Waals surface area contributed by atoms with E-state index in [0.29, 0.717) is 12.6 Å². The number of benzene rings is 1. The maximum atomic E-state index is 5.83. The van der Waals surface area contributed by atoms with Crippen molar-refractivity contribution in [3.05, 3.63) is 46.2 Å². The van der Waals surface area contributed by atoms with Gasteiger partial charge in [0, 0.05) is 10.9 Å². The van der Waals surface area contributed by atoms with Gasteiger partial charge in [0.25, 0.3) is 0 Å². The first-order valence-corrected chi connectivity index (χ1v) is 7.69. The Balaban J connectivity index is 2.09. The highest BCUT2D eigenvalue weighted by molar-refractivity contribution is 7.09. The molecule has 0 aliphatic rings. The largest absolute Gasteiger partial charge is 0.493 e. The van der Waals surface area contributed by atoms with E-state index in [9.17, 15) is 0 Å². The molecule has 0 spiro atoms. The normalized spacial score (nSPS) is 12.2. The van der Waals surface area contributed by atoms with Crippen LogP contribution in [0.15, 0.2) is 35.7 Å². The van der Waals surface area contributed by atoms with Crippen molar-refractivity contribution in [3.8, 4) is 11.5 Å². The zero-order valence-corrected chi connectivity index (χ0v) is 13.0. The molecule has 1 N–H and O–H groups in total. The molecule has 0 fully saturated rings. The Morgan fingerprint density at radius 3 is 2.75 bits per heavy atom. The number of hydrogen-bond donors (Lipinski definition) is 1. The smallest absolute Gasteiger partial charge is 0.161 e. The first kappa shape index (κ1) is 14.9. The van der Waals surface area contributed by atoms with Crippen LogP contribution in [0.2, 0.25) is 0 Å². The second-order valence-corrected chi connectivity index (χ2v) is 5.59. The van der Waals surface area contributed by atoms with Crippen molar-refractivity contribution in [2.45, 2.75) is 26.5 Å². The van der Waals surface area contributed by atoms with E-state index in [1.54, 1.807) is 18.4 Å². The molecule has 4 heteroatoms. The lowest BCUT2D eigenvalue weighted by Gasteiger charge is -2.16. The predicted octanol–water partition coefficient (Wildman–Crippen LogP) is 4.01. The highest BCUT2D eigenvalue weighted by Crippen LogP contribution is 2.31. The molecule has 1 atom stereocenters. The molecule has 3 nitrogen and oxygen atoms in total. The van der Waals surface area contributed by atoms with Gasteiger partial charge in [-0.25, -0.2) is 0 Å². The highest BCUT2D eigenvalue weighted by Gasteiger charge is 2.10. The molecule has 0 saturated carbocycles. The number of thiophene rings is 1. The number of rotatable bonds is 7. The standard InChI is InChI=1S/C16H21NO2S/c1-4-17-12(2)13-7-8-15(16(10-13)18-3)19-11-14-6-5-9-20-14/h5-10,12,17H,4,11H2,1-3H3. The lowest BCUT2D eigenvalue weighted by Crippen LogP contribution is -2.17. The van der Waals surface area contributed by atoms with E-state index in [4.69, 9.17) is 9.47 Å². The van der Waals surface area contributed by atoms with Gasteiger partial charge in [-0.1, -0.05) is 19.1 Å². The van der Waals surface area contributed by atoms with E-state index in [0.717, 1.165) is 18.0 Å². The molecule has 20 heavy (non-hydrogen) atoms. The molecule has 2 rings (SSSR count). The van der Waals surface area contributed by atoms with Crippen LogP contribution in [-0.2, 0) is 6.61 Å². The highest BCUT2D eigenvalue weighted by atomic mass is 32.1. The topological polar surface area (TPSA) is 30.5 Å². The summed E-state index contributed by atoms with van der Waals surface area (Å²) in [6.07, 6.45) is 0. The van der Waals surface area contributed by atoms with Gasteiger partial charge in [0.1, 0.15) is 6.61 Å². The van der Waals surface area contributed by atoms with Crippen LogP contribution in [0.25, 0.3) is 0 Å². The molecule has 0 aliphatic carbocycles. The molecular weight excluding hydrogens is 270 g/mol. The molecule has 1 unspecified atom stereocenters. The van der Waals surface area contributed by atoms with Crippen molar-refractivity contribution in [1.29, 1.82) is 0 Å². The maximum Gasteiger partial charge on any atom is 0.161 e. The Morgan fingerprint density at radius 2 is 2.10 bits per heavy atom. The molecule has 108 valence electrons. The zero-order valence-electron chi connectivity index (χ0n) is 12.2. The van der Waals surface area contributed by atoms with E-state index in [2.05, 4.69) is 36.7 Å². The Morgan fingerprint density at radius 1 is 1.25 bits per heavy atom. The van der Waals surface area contributed by atoms with Crippen LogP contribution in [-0.4, -0.2) is 13.7 Å². The van der Waals surface area contributed by atoms with Crippen molar-refractivity contribution < 1.29 is 9.47 Å². The van der Waals surface area contributed by atoms with Crippen molar-refractivity contribution in [1.82, 2.24) is 5.32 Å². The predicted molar refractivity (Wildman–Crippen MR) is 83.7 cm³/mol.